The van der Waals surface area contributed by atoms with Gasteiger partial charge in [-0.1, -0.05) is 24.3 Å². The molecule has 0 aliphatic rings. The molecule has 4 nitrogen and oxygen atoms in total. The van der Waals surface area contributed by atoms with Crippen LogP contribution in [0.3, 0.4) is 0 Å². The summed E-state index contributed by atoms with van der Waals surface area (Å²) in [6.45, 7) is 1.96. The Morgan fingerprint density at radius 3 is 2.89 bits per heavy atom. The SMILES string of the molecule is CCOC(=O)[C@@H](C#N)c1ccc2ccccc2n1. The maximum Gasteiger partial charge on any atom is 0.329 e. The molecule has 0 unspecified atom stereocenters. The van der Waals surface area contributed by atoms with E-state index in [-0.39, 0.29) is 6.61 Å². The molecule has 0 amide bonds. The average molecular weight is 240 g/mol. The first-order valence-corrected chi connectivity index (χ1v) is 5.68. The van der Waals surface area contributed by atoms with Crippen LogP contribution in [-0.4, -0.2) is 17.6 Å². The molecule has 18 heavy (non-hydrogen) atoms. The molecular formula is C14H12N2O2. The summed E-state index contributed by atoms with van der Waals surface area (Å²) in [5.41, 5.74) is 1.19. The fourth-order valence-corrected chi connectivity index (χ4v) is 1.71. The molecule has 0 aliphatic heterocycles. The minimum atomic E-state index is -0.963. The Bertz CT molecular complexity index is 616. The molecule has 0 radical (unpaired) electrons. The molecule has 0 bridgehead atoms. The summed E-state index contributed by atoms with van der Waals surface area (Å²) >= 11 is 0. The number of rotatable bonds is 3. The van der Waals surface area contributed by atoms with Gasteiger partial charge in [0, 0.05) is 5.39 Å². The van der Waals surface area contributed by atoms with Crippen molar-refractivity contribution in [2.75, 3.05) is 6.61 Å². The molecule has 4 heteroatoms. The third kappa shape index (κ3) is 2.30. The minimum Gasteiger partial charge on any atom is -0.465 e. The number of nitrogens with zero attached hydrogens (tertiary/aromatic N) is 2. The number of esters is 1. The van der Waals surface area contributed by atoms with Gasteiger partial charge in [-0.05, 0) is 19.1 Å². The lowest BCUT2D eigenvalue weighted by Gasteiger charge is -2.08. The molecular weight excluding hydrogens is 228 g/mol. The largest absolute Gasteiger partial charge is 0.465 e. The lowest BCUT2D eigenvalue weighted by molar-refractivity contribution is -0.143. The number of aromatic nitrogens is 1. The van der Waals surface area contributed by atoms with Crippen molar-refractivity contribution in [1.82, 2.24) is 4.98 Å². The molecule has 2 aromatic rings. The van der Waals surface area contributed by atoms with Crippen LogP contribution in [0, 0.1) is 11.3 Å². The van der Waals surface area contributed by atoms with Crippen LogP contribution in [0.5, 0.6) is 0 Å². The fraction of sp³-hybridized carbons (Fsp3) is 0.214. The minimum absolute atomic E-state index is 0.255. The third-order valence-electron chi connectivity index (χ3n) is 2.57. The van der Waals surface area contributed by atoms with E-state index in [0.29, 0.717) is 5.69 Å². The van der Waals surface area contributed by atoms with Crippen LogP contribution >= 0.6 is 0 Å². The number of para-hydroxylation sites is 1. The maximum atomic E-state index is 11.6. The first kappa shape index (κ1) is 12.1. The van der Waals surface area contributed by atoms with Crippen molar-refractivity contribution >= 4 is 16.9 Å². The van der Waals surface area contributed by atoms with E-state index < -0.39 is 11.9 Å². The number of benzene rings is 1. The predicted octanol–water partition coefficient (Wildman–Crippen LogP) is 2.41. The Labute approximate surface area is 105 Å². The standard InChI is InChI=1S/C14H12N2O2/c1-2-18-14(17)11(9-15)13-8-7-10-5-3-4-6-12(10)16-13/h3-8,11H,2H2,1H3/t11-/m0/s1. The Morgan fingerprint density at radius 1 is 1.39 bits per heavy atom. The summed E-state index contributed by atoms with van der Waals surface area (Å²) in [6, 6.07) is 13.0. The molecule has 0 N–H and O–H groups in total. The second-order valence-corrected chi connectivity index (χ2v) is 3.74. The summed E-state index contributed by atoms with van der Waals surface area (Å²) in [7, 11) is 0. The summed E-state index contributed by atoms with van der Waals surface area (Å²) in [6.07, 6.45) is 0. The van der Waals surface area contributed by atoms with E-state index in [2.05, 4.69) is 4.98 Å². The van der Waals surface area contributed by atoms with Crippen molar-refractivity contribution < 1.29 is 9.53 Å². The zero-order valence-corrected chi connectivity index (χ0v) is 9.96. The Balaban J connectivity index is 2.40. The topological polar surface area (TPSA) is 63.0 Å². The third-order valence-corrected chi connectivity index (χ3v) is 2.57. The van der Waals surface area contributed by atoms with Gasteiger partial charge in [0.15, 0.2) is 5.92 Å². The molecule has 1 aromatic heterocycles. The highest BCUT2D eigenvalue weighted by Gasteiger charge is 2.22. The zero-order chi connectivity index (χ0) is 13.0. The Kier molecular flexibility index (Phi) is 3.54. The Morgan fingerprint density at radius 2 is 2.17 bits per heavy atom. The van der Waals surface area contributed by atoms with Gasteiger partial charge in [-0.15, -0.1) is 0 Å². The van der Waals surface area contributed by atoms with Crippen molar-refractivity contribution in [3.05, 3.63) is 42.1 Å². The quantitative estimate of drug-likeness (QED) is 0.773. The van der Waals surface area contributed by atoms with Crippen molar-refractivity contribution in [2.24, 2.45) is 0 Å². The van der Waals surface area contributed by atoms with E-state index in [1.807, 2.05) is 36.4 Å². The molecule has 0 aliphatic carbocycles. The van der Waals surface area contributed by atoms with Gasteiger partial charge in [0.2, 0.25) is 0 Å². The molecule has 0 fully saturated rings. The van der Waals surface area contributed by atoms with Crippen LogP contribution in [-0.2, 0) is 9.53 Å². The van der Waals surface area contributed by atoms with Crippen LogP contribution < -0.4 is 0 Å². The van der Waals surface area contributed by atoms with Gasteiger partial charge in [-0.3, -0.25) is 9.78 Å². The molecule has 0 saturated heterocycles. The number of nitriles is 1. The predicted molar refractivity (Wildman–Crippen MR) is 66.7 cm³/mol. The summed E-state index contributed by atoms with van der Waals surface area (Å²) in [4.78, 5) is 16.0. The van der Waals surface area contributed by atoms with Gasteiger partial charge >= 0.3 is 5.97 Å². The second-order valence-electron chi connectivity index (χ2n) is 3.74. The first-order valence-electron chi connectivity index (χ1n) is 5.68. The number of carbonyl (C=O) groups is 1. The van der Waals surface area contributed by atoms with Crippen molar-refractivity contribution in [1.29, 1.82) is 5.26 Å². The van der Waals surface area contributed by atoms with Crippen molar-refractivity contribution in [2.45, 2.75) is 12.8 Å². The number of ether oxygens (including phenoxy) is 1. The second kappa shape index (κ2) is 5.28. The smallest absolute Gasteiger partial charge is 0.329 e. The molecule has 90 valence electrons. The van der Waals surface area contributed by atoms with Crippen LogP contribution in [0.2, 0.25) is 0 Å². The van der Waals surface area contributed by atoms with Crippen LogP contribution in [0.25, 0.3) is 10.9 Å². The van der Waals surface area contributed by atoms with Crippen LogP contribution in [0.4, 0.5) is 0 Å². The van der Waals surface area contributed by atoms with Gasteiger partial charge < -0.3 is 4.74 Å². The average Bonchev–Trinajstić information content (AvgIpc) is 2.40. The molecule has 1 aromatic carbocycles. The van der Waals surface area contributed by atoms with E-state index >= 15 is 0 Å². The van der Waals surface area contributed by atoms with Gasteiger partial charge in [0.05, 0.1) is 23.9 Å². The number of carbonyl (C=O) groups excluding carboxylic acids is 1. The van der Waals surface area contributed by atoms with Crippen molar-refractivity contribution in [3.63, 3.8) is 0 Å². The maximum absolute atomic E-state index is 11.6. The summed E-state index contributed by atoms with van der Waals surface area (Å²) < 4.78 is 4.86. The molecule has 2 rings (SSSR count). The fourth-order valence-electron chi connectivity index (χ4n) is 1.71. The highest BCUT2D eigenvalue weighted by atomic mass is 16.5. The van der Waals surface area contributed by atoms with E-state index in [4.69, 9.17) is 10.00 Å². The number of hydrogen-bond acceptors (Lipinski definition) is 4. The molecule has 1 atom stereocenters. The highest BCUT2D eigenvalue weighted by molar-refractivity contribution is 5.83. The zero-order valence-electron chi connectivity index (χ0n) is 9.96. The number of fused-ring (bicyclic) bond motifs is 1. The summed E-state index contributed by atoms with van der Waals surface area (Å²) in [5, 5.41) is 10.0. The highest BCUT2D eigenvalue weighted by Crippen LogP contribution is 2.19. The van der Waals surface area contributed by atoms with Crippen molar-refractivity contribution in [3.8, 4) is 6.07 Å². The molecule has 1 heterocycles. The van der Waals surface area contributed by atoms with Crippen LogP contribution in [0.1, 0.15) is 18.5 Å². The van der Waals surface area contributed by atoms with E-state index in [1.165, 1.54) is 0 Å². The van der Waals surface area contributed by atoms with Gasteiger partial charge in [0.25, 0.3) is 0 Å². The lowest BCUT2D eigenvalue weighted by Crippen LogP contribution is -2.15. The lowest BCUT2D eigenvalue weighted by atomic mass is 10.1. The monoisotopic (exact) mass is 240 g/mol. The molecule has 0 spiro atoms. The van der Waals surface area contributed by atoms with Gasteiger partial charge in [0.1, 0.15) is 0 Å². The first-order chi connectivity index (χ1) is 8.76. The molecule has 0 saturated carbocycles. The van der Waals surface area contributed by atoms with Gasteiger partial charge in [-0.25, -0.2) is 0 Å². The Hall–Kier alpha value is -2.41. The van der Waals surface area contributed by atoms with E-state index in [0.717, 1.165) is 10.9 Å². The summed E-state index contributed by atoms with van der Waals surface area (Å²) in [5.74, 6) is -1.52. The van der Waals surface area contributed by atoms with Gasteiger partial charge in [-0.2, -0.15) is 5.26 Å². The normalized spacial score (nSPS) is 11.8. The van der Waals surface area contributed by atoms with E-state index in [1.54, 1.807) is 13.0 Å². The number of pyridine rings is 1. The van der Waals surface area contributed by atoms with E-state index in [9.17, 15) is 4.79 Å². The number of hydrogen-bond donors (Lipinski definition) is 0. The van der Waals surface area contributed by atoms with Crippen LogP contribution in [0.15, 0.2) is 36.4 Å².